The maximum absolute atomic E-state index is 13.9. The number of amides is 2. The molecule has 2 atom stereocenters. The van der Waals surface area contributed by atoms with Crippen LogP contribution in [0.1, 0.15) is 4.88 Å². The van der Waals surface area contributed by atoms with Gasteiger partial charge >= 0.3 is 0 Å². The van der Waals surface area contributed by atoms with Crippen molar-refractivity contribution in [2.75, 3.05) is 37.6 Å². The summed E-state index contributed by atoms with van der Waals surface area (Å²) >= 11 is 1.59. The highest BCUT2D eigenvalue weighted by molar-refractivity contribution is 7.09. The van der Waals surface area contributed by atoms with Crippen molar-refractivity contribution in [1.29, 1.82) is 0 Å². The maximum Gasteiger partial charge on any atom is 0.253 e. The van der Waals surface area contributed by atoms with Gasteiger partial charge in [-0.1, -0.05) is 18.2 Å². The van der Waals surface area contributed by atoms with Crippen LogP contribution in [0.3, 0.4) is 0 Å². The average Bonchev–Trinajstić information content (AvgIpc) is 3.26. The SMILES string of the molecule is N[C@@H](C(=O)NCCc1cccs1)[C@@H](O)C(=O)N1CCN(c2ccccc2F)CC1. The van der Waals surface area contributed by atoms with Crippen LogP contribution in [0, 0.1) is 5.82 Å². The number of nitrogens with zero attached hydrogens (tertiary/aromatic N) is 2. The summed E-state index contributed by atoms with van der Waals surface area (Å²) in [7, 11) is 0. The van der Waals surface area contributed by atoms with Gasteiger partial charge < -0.3 is 26.0 Å². The second kappa shape index (κ2) is 9.82. The normalized spacial score (nSPS) is 16.4. The van der Waals surface area contributed by atoms with E-state index in [0.717, 1.165) is 4.88 Å². The quantitative estimate of drug-likeness (QED) is 0.609. The lowest BCUT2D eigenvalue weighted by Crippen LogP contribution is -2.58. The molecule has 0 spiro atoms. The number of carbonyl (C=O) groups excluding carboxylic acids is 2. The van der Waals surface area contributed by atoms with Gasteiger partial charge in [0.1, 0.15) is 11.9 Å². The molecule has 0 radical (unpaired) electrons. The molecule has 0 unspecified atom stereocenters. The predicted molar refractivity (Wildman–Crippen MR) is 110 cm³/mol. The number of para-hydroxylation sites is 1. The molecular formula is C20H25FN4O3S. The number of thiophene rings is 1. The Bertz CT molecular complexity index is 825. The third-order valence-electron chi connectivity index (χ3n) is 4.93. The lowest BCUT2D eigenvalue weighted by Gasteiger charge is -2.37. The van der Waals surface area contributed by atoms with E-state index < -0.39 is 24.0 Å². The predicted octanol–water partition coefficient (Wildman–Crippen LogP) is 0.583. The molecule has 0 bridgehead atoms. The zero-order valence-corrected chi connectivity index (χ0v) is 16.8. The van der Waals surface area contributed by atoms with Gasteiger partial charge in [-0.2, -0.15) is 0 Å². The van der Waals surface area contributed by atoms with Crippen molar-refractivity contribution in [2.24, 2.45) is 5.73 Å². The summed E-state index contributed by atoms with van der Waals surface area (Å²) in [5.74, 6) is -1.46. The van der Waals surface area contributed by atoms with Crippen molar-refractivity contribution >= 4 is 28.8 Å². The summed E-state index contributed by atoms with van der Waals surface area (Å²) in [5, 5.41) is 14.9. The van der Waals surface area contributed by atoms with E-state index in [-0.39, 0.29) is 5.82 Å². The van der Waals surface area contributed by atoms with Gasteiger partial charge in [-0.25, -0.2) is 4.39 Å². The van der Waals surface area contributed by atoms with Crippen LogP contribution in [0.5, 0.6) is 0 Å². The molecule has 29 heavy (non-hydrogen) atoms. The van der Waals surface area contributed by atoms with Crippen LogP contribution in [-0.4, -0.2) is 66.7 Å². The largest absolute Gasteiger partial charge is 0.381 e. The molecule has 2 aromatic rings. The fraction of sp³-hybridized carbons (Fsp3) is 0.400. The molecule has 9 heteroatoms. The van der Waals surface area contributed by atoms with Gasteiger partial charge in [-0.05, 0) is 30.0 Å². The van der Waals surface area contributed by atoms with Crippen LogP contribution < -0.4 is 16.0 Å². The van der Waals surface area contributed by atoms with Crippen molar-refractivity contribution < 1.29 is 19.1 Å². The fourth-order valence-electron chi connectivity index (χ4n) is 3.24. The van der Waals surface area contributed by atoms with Crippen LogP contribution in [0.25, 0.3) is 0 Å². The third kappa shape index (κ3) is 5.31. The Morgan fingerprint density at radius 3 is 2.55 bits per heavy atom. The van der Waals surface area contributed by atoms with Crippen LogP contribution >= 0.6 is 11.3 Å². The molecule has 4 N–H and O–H groups in total. The minimum atomic E-state index is -1.61. The Kier molecular flexibility index (Phi) is 7.18. The van der Waals surface area contributed by atoms with Gasteiger partial charge in [0.2, 0.25) is 5.91 Å². The molecule has 1 fully saturated rings. The van der Waals surface area contributed by atoms with E-state index in [0.29, 0.717) is 44.8 Å². The number of nitrogens with one attached hydrogen (secondary N) is 1. The van der Waals surface area contributed by atoms with Gasteiger partial charge in [-0.3, -0.25) is 9.59 Å². The molecule has 1 aliphatic rings. The van der Waals surface area contributed by atoms with Crippen LogP contribution in [0.4, 0.5) is 10.1 Å². The first kappa shape index (κ1) is 21.2. The van der Waals surface area contributed by atoms with E-state index >= 15 is 0 Å². The number of rotatable bonds is 7. The summed E-state index contributed by atoms with van der Waals surface area (Å²) in [5.41, 5.74) is 6.29. The Balaban J connectivity index is 1.47. The molecule has 1 aliphatic heterocycles. The maximum atomic E-state index is 13.9. The van der Waals surface area contributed by atoms with E-state index in [1.807, 2.05) is 22.4 Å². The summed E-state index contributed by atoms with van der Waals surface area (Å²) in [6.45, 7) is 1.88. The Morgan fingerprint density at radius 1 is 1.17 bits per heavy atom. The smallest absolute Gasteiger partial charge is 0.253 e. The molecule has 3 rings (SSSR count). The van der Waals surface area contributed by atoms with E-state index in [1.165, 1.54) is 11.0 Å². The highest BCUT2D eigenvalue weighted by Gasteiger charge is 2.33. The van der Waals surface area contributed by atoms with E-state index in [4.69, 9.17) is 5.73 Å². The molecule has 156 valence electrons. The second-order valence-electron chi connectivity index (χ2n) is 6.85. The lowest BCUT2D eigenvalue weighted by molar-refractivity contribution is -0.144. The number of aliphatic hydroxyl groups is 1. The number of hydrogen-bond acceptors (Lipinski definition) is 6. The summed E-state index contributed by atoms with van der Waals surface area (Å²) < 4.78 is 13.9. The van der Waals surface area contributed by atoms with Gasteiger partial charge in [0, 0.05) is 37.6 Å². The van der Waals surface area contributed by atoms with E-state index in [9.17, 15) is 19.1 Å². The average molecular weight is 421 g/mol. The molecule has 7 nitrogen and oxygen atoms in total. The highest BCUT2D eigenvalue weighted by atomic mass is 32.1. The van der Waals surface area contributed by atoms with Gasteiger partial charge in [0.15, 0.2) is 6.10 Å². The molecule has 0 aliphatic carbocycles. The third-order valence-corrected chi connectivity index (χ3v) is 5.87. The summed E-state index contributed by atoms with van der Waals surface area (Å²) in [6.07, 6.45) is -0.949. The van der Waals surface area contributed by atoms with Gasteiger partial charge in [-0.15, -0.1) is 11.3 Å². The minimum Gasteiger partial charge on any atom is -0.381 e. The van der Waals surface area contributed by atoms with Crippen LogP contribution in [0.2, 0.25) is 0 Å². The van der Waals surface area contributed by atoms with Crippen molar-refractivity contribution in [3.63, 3.8) is 0 Å². The molecule has 0 saturated carbocycles. The van der Waals surface area contributed by atoms with Crippen molar-refractivity contribution in [3.8, 4) is 0 Å². The fourth-order valence-corrected chi connectivity index (χ4v) is 3.95. The number of anilines is 1. The Hall–Kier alpha value is -2.49. The standard InChI is InChI=1S/C20H25FN4O3S/c21-15-5-1-2-6-16(15)24-9-11-25(12-10-24)20(28)18(26)17(22)19(27)23-8-7-14-4-3-13-29-14/h1-6,13,17-18,26H,7-12,22H2,(H,23,27)/t17-,18-/m1/s1. The number of piperazine rings is 1. The number of nitrogens with two attached hydrogens (primary N) is 1. The van der Waals surface area contributed by atoms with Crippen molar-refractivity contribution in [2.45, 2.75) is 18.6 Å². The van der Waals surface area contributed by atoms with Crippen LogP contribution in [0.15, 0.2) is 41.8 Å². The number of carbonyl (C=O) groups is 2. The molecule has 1 saturated heterocycles. The zero-order valence-electron chi connectivity index (χ0n) is 16.0. The van der Waals surface area contributed by atoms with E-state index in [2.05, 4.69) is 5.32 Å². The molecule has 2 heterocycles. The van der Waals surface area contributed by atoms with Crippen molar-refractivity contribution in [1.82, 2.24) is 10.2 Å². The Labute approximate surface area is 172 Å². The van der Waals surface area contributed by atoms with Crippen LogP contribution in [-0.2, 0) is 16.0 Å². The number of hydrogen-bond donors (Lipinski definition) is 3. The molecule has 1 aromatic heterocycles. The van der Waals surface area contributed by atoms with Gasteiger partial charge in [0.05, 0.1) is 5.69 Å². The number of benzene rings is 1. The molecular weight excluding hydrogens is 395 g/mol. The van der Waals surface area contributed by atoms with Crippen molar-refractivity contribution in [3.05, 3.63) is 52.5 Å². The Morgan fingerprint density at radius 2 is 1.90 bits per heavy atom. The first-order valence-corrected chi connectivity index (χ1v) is 10.4. The lowest BCUT2D eigenvalue weighted by atomic mass is 10.1. The highest BCUT2D eigenvalue weighted by Crippen LogP contribution is 2.20. The first-order valence-electron chi connectivity index (χ1n) is 9.49. The molecule has 2 amide bonds. The summed E-state index contributed by atoms with van der Waals surface area (Å²) in [4.78, 5) is 29.1. The van der Waals surface area contributed by atoms with E-state index in [1.54, 1.807) is 29.5 Å². The summed E-state index contributed by atoms with van der Waals surface area (Å²) in [6, 6.07) is 9.04. The molecule has 1 aromatic carbocycles. The first-order chi connectivity index (χ1) is 14.0. The topological polar surface area (TPSA) is 98.9 Å². The van der Waals surface area contributed by atoms with Gasteiger partial charge in [0.25, 0.3) is 5.91 Å². The number of halogens is 1. The minimum absolute atomic E-state index is 0.312. The zero-order chi connectivity index (χ0) is 20.8. The number of aliphatic hydroxyl groups excluding tert-OH is 1. The second-order valence-corrected chi connectivity index (χ2v) is 7.89. The monoisotopic (exact) mass is 420 g/mol.